The molecule has 0 aromatic rings. The van der Waals surface area contributed by atoms with E-state index in [0.29, 0.717) is 6.42 Å². The normalized spacial score (nSPS) is 12.3. The predicted octanol–water partition coefficient (Wildman–Crippen LogP) is -2.30. The van der Waals surface area contributed by atoms with Crippen LogP contribution in [0, 0.1) is 0 Å². The Kier molecular flexibility index (Phi) is 17.6. The van der Waals surface area contributed by atoms with Crippen molar-refractivity contribution in [1.82, 2.24) is 0 Å². The van der Waals surface area contributed by atoms with Gasteiger partial charge in [-0.3, -0.25) is 14.1 Å². The van der Waals surface area contributed by atoms with Crippen LogP contribution in [0.1, 0.15) is 51.9 Å². The van der Waals surface area contributed by atoms with E-state index in [-0.39, 0.29) is 35.3 Å². The first-order chi connectivity index (χ1) is 10.8. The number of carboxylic acid groups (broad SMARTS) is 2. The number of unbranched alkanes of at least 4 members (excludes halogenated alkanes) is 5. The van der Waals surface area contributed by atoms with E-state index in [0.717, 1.165) is 19.3 Å². The Morgan fingerprint density at radius 2 is 1.40 bits per heavy atom. The molecule has 0 saturated heterocycles. The van der Waals surface area contributed by atoms with Gasteiger partial charge in [-0.2, -0.15) is 8.42 Å². The van der Waals surface area contributed by atoms with E-state index in [1.54, 1.807) is 0 Å². The van der Waals surface area contributed by atoms with Gasteiger partial charge < -0.3 is 14.8 Å². The average molecular weight is 414 g/mol. The third-order valence-electron chi connectivity index (χ3n) is 2.74. The number of carboxylic acids is 2. The smallest absolute Gasteiger partial charge is 0.748 e. The van der Waals surface area contributed by atoms with E-state index >= 15 is 0 Å². The van der Waals surface area contributed by atoms with Crippen molar-refractivity contribution < 1.29 is 75.3 Å². The molecule has 25 heavy (non-hydrogen) atoms. The molecule has 0 saturated carbocycles. The molecule has 13 heteroatoms. The van der Waals surface area contributed by atoms with Crippen molar-refractivity contribution in [2.45, 2.75) is 57.1 Å². The number of hydrogen-bond donors (Lipinski definition) is 3. The summed E-state index contributed by atoms with van der Waals surface area (Å²) in [6.45, 7) is 2.13. The maximum Gasteiger partial charge on any atom is 1.00 e. The van der Waals surface area contributed by atoms with Gasteiger partial charge in [-0.1, -0.05) is 39.0 Å². The van der Waals surface area contributed by atoms with Crippen LogP contribution < -0.4 is 29.6 Å². The zero-order chi connectivity index (χ0) is 19.4. The van der Waals surface area contributed by atoms with Crippen molar-refractivity contribution >= 4 is 32.2 Å². The van der Waals surface area contributed by atoms with Crippen molar-refractivity contribution in [2.24, 2.45) is 0 Å². The van der Waals surface area contributed by atoms with Gasteiger partial charge in [-0.25, -0.2) is 8.42 Å². The third-order valence-corrected chi connectivity index (χ3v) is 4.62. The fraction of sp³-hybridized carbons (Fsp3) is 0.833. The van der Waals surface area contributed by atoms with Crippen molar-refractivity contribution in [3.05, 3.63) is 0 Å². The summed E-state index contributed by atoms with van der Waals surface area (Å²) in [4.78, 5) is 20.0. The maximum atomic E-state index is 10.2. The number of carbonyl (C=O) groups is 2. The summed E-state index contributed by atoms with van der Waals surface area (Å²) in [5, 5.41) is 13.9. The summed E-state index contributed by atoms with van der Waals surface area (Å²) < 4.78 is 59.2. The van der Waals surface area contributed by atoms with E-state index in [1.165, 1.54) is 12.8 Å². The molecule has 1 atom stereocenters. The molecule has 0 radical (unpaired) electrons. The molecule has 0 amide bonds. The second kappa shape index (κ2) is 14.9. The van der Waals surface area contributed by atoms with Crippen molar-refractivity contribution in [3.8, 4) is 0 Å². The second-order valence-electron chi connectivity index (χ2n) is 4.97. The Morgan fingerprint density at radius 1 is 0.960 bits per heavy atom. The molecule has 3 N–H and O–H groups in total. The Morgan fingerprint density at radius 3 is 1.68 bits per heavy atom. The molecular weight excluding hydrogens is 391 g/mol. The van der Waals surface area contributed by atoms with Gasteiger partial charge in [0.1, 0.15) is 0 Å². The van der Waals surface area contributed by atoms with E-state index in [4.69, 9.17) is 14.8 Å². The topological polar surface area (TPSA) is 186 Å². The van der Waals surface area contributed by atoms with Gasteiger partial charge in [0, 0.05) is 5.75 Å². The van der Waals surface area contributed by atoms with Gasteiger partial charge >= 0.3 is 41.5 Å². The summed E-state index contributed by atoms with van der Waals surface area (Å²) in [6.07, 6.45) is 4.80. The van der Waals surface area contributed by atoms with Crippen LogP contribution in [0.15, 0.2) is 0 Å². The SMILES string of the molecule is CCCCCCCCS(=O)(=O)[O-].O=C(O)CC(C(=O)O)S(=O)(=O)O.[Na+]. The molecule has 0 rings (SSSR count). The van der Waals surface area contributed by atoms with Gasteiger partial charge in [0.05, 0.1) is 16.5 Å². The quantitative estimate of drug-likeness (QED) is 0.188. The Balaban J connectivity index is -0.000000372. The summed E-state index contributed by atoms with van der Waals surface area (Å²) in [7, 11) is -8.81. The first-order valence-corrected chi connectivity index (χ1v) is 10.2. The van der Waals surface area contributed by atoms with E-state index in [2.05, 4.69) is 6.92 Å². The molecule has 0 heterocycles. The fourth-order valence-corrected chi connectivity index (χ4v) is 2.70. The Bertz CT molecular complexity index is 585. The third kappa shape index (κ3) is 21.7. The van der Waals surface area contributed by atoms with Gasteiger partial charge in [0.2, 0.25) is 0 Å². The largest absolute Gasteiger partial charge is 1.00 e. The monoisotopic (exact) mass is 414 g/mol. The van der Waals surface area contributed by atoms with Crippen LogP contribution in [0.3, 0.4) is 0 Å². The maximum absolute atomic E-state index is 10.2. The summed E-state index contributed by atoms with van der Waals surface area (Å²) in [6, 6.07) is 0. The van der Waals surface area contributed by atoms with Crippen LogP contribution in [-0.4, -0.2) is 59.1 Å². The molecule has 1 unspecified atom stereocenters. The Labute approximate surface area is 169 Å². The zero-order valence-corrected chi connectivity index (χ0v) is 17.9. The number of rotatable bonds is 11. The van der Waals surface area contributed by atoms with Gasteiger partial charge in [0.25, 0.3) is 10.1 Å². The van der Waals surface area contributed by atoms with Gasteiger partial charge in [-0.05, 0) is 6.42 Å². The van der Waals surface area contributed by atoms with Crippen molar-refractivity contribution in [3.63, 3.8) is 0 Å². The van der Waals surface area contributed by atoms with Crippen LogP contribution in [0.25, 0.3) is 0 Å². The van der Waals surface area contributed by atoms with Crippen LogP contribution >= 0.6 is 0 Å². The molecule has 0 fully saturated rings. The minimum atomic E-state index is -4.84. The average Bonchev–Trinajstić information content (AvgIpc) is 2.38. The van der Waals surface area contributed by atoms with E-state index in [9.17, 15) is 31.0 Å². The predicted molar refractivity (Wildman–Crippen MR) is 83.2 cm³/mol. The Hall–Kier alpha value is -0.240. The molecule has 0 aromatic carbocycles. The van der Waals surface area contributed by atoms with Crippen LogP contribution in [-0.2, 0) is 29.8 Å². The summed E-state index contributed by atoms with van der Waals surface area (Å²) in [5.74, 6) is -3.70. The minimum Gasteiger partial charge on any atom is -0.748 e. The first kappa shape index (κ1) is 29.5. The summed E-state index contributed by atoms with van der Waals surface area (Å²) >= 11 is 0. The molecular formula is C12H23NaO10S2. The van der Waals surface area contributed by atoms with Gasteiger partial charge in [-0.15, -0.1) is 0 Å². The van der Waals surface area contributed by atoms with Crippen LogP contribution in [0.2, 0.25) is 0 Å². The minimum absolute atomic E-state index is 0. The van der Waals surface area contributed by atoms with E-state index < -0.39 is 43.8 Å². The van der Waals surface area contributed by atoms with E-state index in [1.807, 2.05) is 0 Å². The molecule has 0 aliphatic rings. The van der Waals surface area contributed by atoms with Crippen molar-refractivity contribution in [1.29, 1.82) is 0 Å². The first-order valence-electron chi connectivity index (χ1n) is 7.15. The van der Waals surface area contributed by atoms with Crippen LogP contribution in [0.4, 0.5) is 0 Å². The number of hydrogen-bond acceptors (Lipinski definition) is 7. The fourth-order valence-electron chi connectivity index (χ4n) is 1.54. The molecule has 10 nitrogen and oxygen atoms in total. The zero-order valence-electron chi connectivity index (χ0n) is 14.3. The molecule has 0 aliphatic carbocycles. The molecule has 0 bridgehead atoms. The van der Waals surface area contributed by atoms with Crippen LogP contribution in [0.5, 0.6) is 0 Å². The molecule has 0 aromatic heterocycles. The summed E-state index contributed by atoms with van der Waals surface area (Å²) in [5.41, 5.74) is 0. The van der Waals surface area contributed by atoms with Crippen molar-refractivity contribution in [2.75, 3.05) is 5.75 Å². The molecule has 0 spiro atoms. The molecule has 144 valence electrons. The number of aliphatic carboxylic acids is 2. The molecule has 0 aliphatic heterocycles. The second-order valence-corrected chi connectivity index (χ2v) is 8.09. The van der Waals surface area contributed by atoms with Gasteiger partial charge in [0.15, 0.2) is 5.25 Å². The standard InChI is InChI=1S/C8H18O3S.C4H6O7S.Na/c1-2-3-4-5-6-7-8-12(9,10)11;5-3(6)1-2(4(7)8)12(9,10)11;/h2-8H2,1H3,(H,9,10,11);2H,1H2,(H,5,6)(H,7,8)(H,9,10,11);/q;;+1/p-1.